The summed E-state index contributed by atoms with van der Waals surface area (Å²) in [6, 6.07) is 1.99. The van der Waals surface area contributed by atoms with Gasteiger partial charge in [-0.25, -0.2) is 0 Å². The van der Waals surface area contributed by atoms with E-state index in [-0.39, 0.29) is 17.8 Å². The van der Waals surface area contributed by atoms with E-state index in [0.717, 1.165) is 62.3 Å². The summed E-state index contributed by atoms with van der Waals surface area (Å²) < 4.78 is 6.33. The van der Waals surface area contributed by atoms with Crippen LogP contribution in [0.1, 0.15) is 44.6 Å². The molecule has 2 atom stereocenters. The first-order valence-electron chi connectivity index (χ1n) is 8.27. The standard InChI is InChI=1S/C17H25ClN2O2/c1-2-15-9-14(21)10-17(22-15)4-7-20(8-5-17)12-13-3-6-19-11-16(13)18/h3,6,11,14-15,21H,2,4-5,7-10,12H2,1H3/t14-,15+/m1/s1. The van der Waals surface area contributed by atoms with E-state index in [4.69, 9.17) is 16.3 Å². The van der Waals surface area contributed by atoms with Gasteiger partial charge in [0.2, 0.25) is 0 Å². The lowest BCUT2D eigenvalue weighted by Crippen LogP contribution is -2.52. The molecule has 1 spiro atoms. The molecule has 0 unspecified atom stereocenters. The van der Waals surface area contributed by atoms with Crippen LogP contribution in [0.15, 0.2) is 18.5 Å². The molecule has 2 fully saturated rings. The number of halogens is 1. The normalized spacial score (nSPS) is 28.9. The third kappa shape index (κ3) is 3.62. The number of nitrogens with zero attached hydrogens (tertiary/aromatic N) is 2. The van der Waals surface area contributed by atoms with Crippen molar-refractivity contribution in [3.63, 3.8) is 0 Å². The topological polar surface area (TPSA) is 45.6 Å². The molecule has 122 valence electrons. The number of hydrogen-bond donors (Lipinski definition) is 1. The van der Waals surface area contributed by atoms with Crippen LogP contribution in [0.2, 0.25) is 5.02 Å². The van der Waals surface area contributed by atoms with E-state index < -0.39 is 0 Å². The summed E-state index contributed by atoms with van der Waals surface area (Å²) in [4.78, 5) is 6.45. The molecule has 5 heteroatoms. The van der Waals surface area contributed by atoms with Gasteiger partial charge >= 0.3 is 0 Å². The molecule has 0 amide bonds. The molecule has 2 aliphatic heterocycles. The summed E-state index contributed by atoms with van der Waals surface area (Å²) in [6.45, 7) is 4.97. The number of rotatable bonds is 3. The van der Waals surface area contributed by atoms with Gasteiger partial charge < -0.3 is 9.84 Å². The molecule has 0 bridgehead atoms. The predicted molar refractivity (Wildman–Crippen MR) is 86.9 cm³/mol. The van der Waals surface area contributed by atoms with Gasteiger partial charge in [-0.15, -0.1) is 0 Å². The van der Waals surface area contributed by atoms with E-state index in [1.54, 1.807) is 12.4 Å². The monoisotopic (exact) mass is 324 g/mol. The Bertz CT molecular complexity index is 503. The van der Waals surface area contributed by atoms with Crippen molar-refractivity contribution in [3.05, 3.63) is 29.0 Å². The Balaban J connectivity index is 1.59. The highest BCUT2D eigenvalue weighted by atomic mass is 35.5. The van der Waals surface area contributed by atoms with Crippen molar-refractivity contribution in [2.45, 2.75) is 63.4 Å². The van der Waals surface area contributed by atoms with Gasteiger partial charge in [0.25, 0.3) is 0 Å². The first kappa shape index (κ1) is 16.2. The molecule has 4 nitrogen and oxygen atoms in total. The van der Waals surface area contributed by atoms with Crippen LogP contribution in [-0.4, -0.2) is 45.9 Å². The van der Waals surface area contributed by atoms with Crippen molar-refractivity contribution in [1.29, 1.82) is 0 Å². The molecule has 0 radical (unpaired) electrons. The molecule has 0 aliphatic carbocycles. The molecular weight excluding hydrogens is 300 g/mol. The summed E-state index contributed by atoms with van der Waals surface area (Å²) in [6.07, 6.45) is 8.03. The van der Waals surface area contributed by atoms with E-state index in [1.165, 1.54) is 0 Å². The Hall–Kier alpha value is -0.680. The summed E-state index contributed by atoms with van der Waals surface area (Å²) in [5, 5.41) is 10.9. The summed E-state index contributed by atoms with van der Waals surface area (Å²) in [7, 11) is 0. The summed E-state index contributed by atoms with van der Waals surface area (Å²) in [5.41, 5.74) is 1.01. The van der Waals surface area contributed by atoms with Crippen molar-refractivity contribution in [2.24, 2.45) is 0 Å². The zero-order valence-electron chi connectivity index (χ0n) is 13.2. The minimum atomic E-state index is -0.208. The fourth-order valence-electron chi connectivity index (χ4n) is 3.73. The number of piperidine rings is 1. The largest absolute Gasteiger partial charge is 0.393 e. The van der Waals surface area contributed by atoms with Crippen molar-refractivity contribution in [2.75, 3.05) is 13.1 Å². The SMILES string of the molecule is CC[C@H]1C[C@@H](O)CC2(CCN(Cc3ccncc3Cl)CC2)O1. The van der Waals surface area contributed by atoms with Gasteiger partial charge in [0.05, 0.1) is 22.8 Å². The average molecular weight is 325 g/mol. The maximum absolute atomic E-state index is 10.1. The number of aromatic nitrogens is 1. The van der Waals surface area contributed by atoms with Gasteiger partial charge in [-0.3, -0.25) is 9.88 Å². The van der Waals surface area contributed by atoms with Gasteiger partial charge in [-0.1, -0.05) is 18.5 Å². The van der Waals surface area contributed by atoms with Crippen molar-refractivity contribution in [3.8, 4) is 0 Å². The number of aliphatic hydroxyl groups excluding tert-OH is 1. The molecular formula is C17H25ClN2O2. The molecule has 2 aliphatic rings. The molecule has 22 heavy (non-hydrogen) atoms. The lowest BCUT2D eigenvalue weighted by atomic mass is 9.81. The van der Waals surface area contributed by atoms with Crippen molar-refractivity contribution < 1.29 is 9.84 Å². The molecule has 0 saturated carbocycles. The van der Waals surface area contributed by atoms with Crippen LogP contribution >= 0.6 is 11.6 Å². The zero-order chi connectivity index (χ0) is 15.6. The Morgan fingerprint density at radius 1 is 1.45 bits per heavy atom. The Morgan fingerprint density at radius 2 is 2.23 bits per heavy atom. The first-order chi connectivity index (χ1) is 10.6. The van der Waals surface area contributed by atoms with E-state index in [1.807, 2.05) is 6.07 Å². The van der Waals surface area contributed by atoms with Crippen LogP contribution in [0.3, 0.4) is 0 Å². The lowest BCUT2D eigenvalue weighted by Gasteiger charge is -2.48. The van der Waals surface area contributed by atoms with Crippen LogP contribution < -0.4 is 0 Å². The molecule has 2 saturated heterocycles. The Kier molecular flexibility index (Phi) is 5.03. The molecule has 1 aromatic rings. The minimum absolute atomic E-state index is 0.114. The predicted octanol–water partition coefficient (Wildman–Crippen LogP) is 3.02. The van der Waals surface area contributed by atoms with Crippen LogP contribution in [0, 0.1) is 0 Å². The maximum Gasteiger partial charge on any atom is 0.0735 e. The Morgan fingerprint density at radius 3 is 2.91 bits per heavy atom. The number of aliphatic hydroxyl groups is 1. The molecule has 1 N–H and O–H groups in total. The van der Waals surface area contributed by atoms with Gasteiger partial charge in [0, 0.05) is 38.4 Å². The number of hydrogen-bond acceptors (Lipinski definition) is 4. The average Bonchev–Trinajstić information content (AvgIpc) is 2.51. The number of likely N-dealkylation sites (tertiary alicyclic amines) is 1. The fraction of sp³-hybridized carbons (Fsp3) is 0.706. The van der Waals surface area contributed by atoms with Crippen LogP contribution in [-0.2, 0) is 11.3 Å². The van der Waals surface area contributed by atoms with E-state index >= 15 is 0 Å². The minimum Gasteiger partial charge on any atom is -0.393 e. The highest BCUT2D eigenvalue weighted by molar-refractivity contribution is 6.31. The number of pyridine rings is 1. The molecule has 3 rings (SSSR count). The highest BCUT2D eigenvalue weighted by Crippen LogP contribution is 2.38. The summed E-state index contributed by atoms with van der Waals surface area (Å²) in [5.74, 6) is 0. The van der Waals surface area contributed by atoms with E-state index in [0.29, 0.717) is 0 Å². The second kappa shape index (κ2) is 6.83. The van der Waals surface area contributed by atoms with Gasteiger partial charge in [-0.2, -0.15) is 0 Å². The number of ether oxygens (including phenoxy) is 1. The lowest BCUT2D eigenvalue weighted by molar-refractivity contribution is -0.182. The third-order valence-electron chi connectivity index (χ3n) is 5.03. The molecule has 0 aromatic carbocycles. The first-order valence-corrected chi connectivity index (χ1v) is 8.65. The van der Waals surface area contributed by atoms with Gasteiger partial charge in [0.1, 0.15) is 0 Å². The zero-order valence-corrected chi connectivity index (χ0v) is 13.9. The van der Waals surface area contributed by atoms with Crippen molar-refractivity contribution >= 4 is 11.6 Å². The molecule has 3 heterocycles. The third-order valence-corrected chi connectivity index (χ3v) is 5.37. The Labute approximate surface area is 137 Å². The van der Waals surface area contributed by atoms with Crippen LogP contribution in [0.25, 0.3) is 0 Å². The highest BCUT2D eigenvalue weighted by Gasteiger charge is 2.42. The smallest absolute Gasteiger partial charge is 0.0735 e. The second-order valence-electron chi connectivity index (χ2n) is 6.67. The quantitative estimate of drug-likeness (QED) is 0.928. The maximum atomic E-state index is 10.1. The van der Waals surface area contributed by atoms with Crippen LogP contribution in [0.5, 0.6) is 0 Å². The van der Waals surface area contributed by atoms with E-state index in [9.17, 15) is 5.11 Å². The second-order valence-corrected chi connectivity index (χ2v) is 7.08. The van der Waals surface area contributed by atoms with Crippen molar-refractivity contribution in [1.82, 2.24) is 9.88 Å². The van der Waals surface area contributed by atoms with Gasteiger partial charge in [-0.05, 0) is 37.3 Å². The van der Waals surface area contributed by atoms with Crippen LogP contribution in [0.4, 0.5) is 0 Å². The van der Waals surface area contributed by atoms with E-state index in [2.05, 4.69) is 16.8 Å². The summed E-state index contributed by atoms with van der Waals surface area (Å²) >= 11 is 6.20. The van der Waals surface area contributed by atoms with Gasteiger partial charge in [0.15, 0.2) is 0 Å². The molecule has 1 aromatic heterocycles. The fourth-order valence-corrected chi connectivity index (χ4v) is 3.91.